The zero-order valence-electron chi connectivity index (χ0n) is 18.7. The second-order valence-electron chi connectivity index (χ2n) is 8.14. The molecule has 0 spiro atoms. The molecule has 0 unspecified atom stereocenters. The van der Waals surface area contributed by atoms with Crippen LogP contribution in [0.5, 0.6) is 0 Å². The highest BCUT2D eigenvalue weighted by Gasteiger charge is 2.38. The minimum absolute atomic E-state index is 0.221. The number of pyridine rings is 1. The lowest BCUT2D eigenvalue weighted by molar-refractivity contribution is -0.123. The van der Waals surface area contributed by atoms with Gasteiger partial charge in [-0.3, -0.25) is 18.5 Å². The maximum absolute atomic E-state index is 12.8. The molecule has 0 bridgehead atoms. The number of nitrogens with zero attached hydrogens (tertiary/aromatic N) is 4. The van der Waals surface area contributed by atoms with Crippen molar-refractivity contribution in [1.29, 1.82) is 0 Å². The molecule has 1 aliphatic rings. The number of anilines is 1. The Labute approximate surface area is 206 Å². The highest BCUT2D eigenvalue weighted by molar-refractivity contribution is 7.89. The molecule has 9 nitrogen and oxygen atoms in total. The quantitative estimate of drug-likeness (QED) is 0.428. The number of hydrogen-bond donors (Lipinski definition) is 1. The number of carbonyl (C=O) groups is 2. The van der Waals surface area contributed by atoms with Crippen molar-refractivity contribution in [2.24, 2.45) is 0 Å². The van der Waals surface area contributed by atoms with E-state index < -0.39 is 16.1 Å². The molecule has 1 aromatic carbocycles. The molecule has 0 radical (unpaired) electrons. The minimum atomic E-state index is -3.48. The van der Waals surface area contributed by atoms with Crippen molar-refractivity contribution in [3.63, 3.8) is 0 Å². The molecule has 178 valence electrons. The molecule has 4 heterocycles. The lowest BCUT2D eigenvalue weighted by atomic mass is 10.0. The van der Waals surface area contributed by atoms with Crippen LogP contribution in [0.25, 0.3) is 22.4 Å². The maximum Gasteiger partial charge on any atom is 0.256 e. The van der Waals surface area contributed by atoms with Crippen molar-refractivity contribution in [1.82, 2.24) is 18.8 Å². The van der Waals surface area contributed by atoms with Crippen LogP contribution >= 0.6 is 11.3 Å². The first-order valence-corrected chi connectivity index (χ1v) is 13.5. The van der Waals surface area contributed by atoms with Gasteiger partial charge in [0.15, 0.2) is 5.13 Å². The van der Waals surface area contributed by atoms with E-state index in [4.69, 9.17) is 0 Å². The molecule has 1 fully saturated rings. The molecule has 1 atom stereocenters. The van der Waals surface area contributed by atoms with Crippen LogP contribution in [0.4, 0.5) is 5.13 Å². The summed E-state index contributed by atoms with van der Waals surface area (Å²) in [5, 5.41) is 5.13. The van der Waals surface area contributed by atoms with Gasteiger partial charge in [0.05, 0.1) is 17.5 Å². The third-order valence-corrected chi connectivity index (χ3v) is 7.54. The standard InChI is InChI=1S/C24H21N5O4S2/c1-35(32,33)28-11-7-19(14-28)23(31)29-12-8-21(29)22(30)27-24-26-20(15-34-24)18-4-2-3-17(13-18)16-5-9-25-10-6-16/h2-7,9-11,13-15,21H,8,12H2,1H3,(H,26,27,30)/t21-/m1/s1. The summed E-state index contributed by atoms with van der Waals surface area (Å²) < 4.78 is 24.3. The molecule has 35 heavy (non-hydrogen) atoms. The second-order valence-corrected chi connectivity index (χ2v) is 10.9. The molecule has 3 aromatic heterocycles. The van der Waals surface area contributed by atoms with Gasteiger partial charge in [-0.05, 0) is 41.8 Å². The van der Waals surface area contributed by atoms with E-state index in [9.17, 15) is 18.0 Å². The van der Waals surface area contributed by atoms with Crippen LogP contribution in [0.2, 0.25) is 0 Å². The van der Waals surface area contributed by atoms with Crippen LogP contribution in [0.15, 0.2) is 72.6 Å². The molecule has 1 aliphatic heterocycles. The first-order valence-electron chi connectivity index (χ1n) is 10.8. The van der Waals surface area contributed by atoms with Gasteiger partial charge in [0.1, 0.15) is 6.04 Å². The van der Waals surface area contributed by atoms with E-state index >= 15 is 0 Å². The summed E-state index contributed by atoms with van der Waals surface area (Å²) in [5.41, 5.74) is 3.97. The van der Waals surface area contributed by atoms with Crippen molar-refractivity contribution in [2.75, 3.05) is 18.1 Å². The Morgan fingerprint density at radius 3 is 2.54 bits per heavy atom. The van der Waals surface area contributed by atoms with E-state index in [1.165, 1.54) is 34.7 Å². The van der Waals surface area contributed by atoms with Gasteiger partial charge in [-0.2, -0.15) is 0 Å². The average Bonchev–Trinajstić information content (AvgIpc) is 3.49. The Balaban J connectivity index is 1.26. The summed E-state index contributed by atoms with van der Waals surface area (Å²) in [4.78, 5) is 35.7. The normalized spacial score (nSPS) is 15.5. The number of benzene rings is 1. The van der Waals surface area contributed by atoms with E-state index in [-0.39, 0.29) is 17.4 Å². The van der Waals surface area contributed by atoms with Crippen LogP contribution < -0.4 is 5.32 Å². The number of amides is 2. The predicted molar refractivity (Wildman–Crippen MR) is 134 cm³/mol. The lowest BCUT2D eigenvalue weighted by Crippen LogP contribution is -2.56. The van der Waals surface area contributed by atoms with Gasteiger partial charge in [-0.15, -0.1) is 11.3 Å². The Morgan fingerprint density at radius 2 is 1.86 bits per heavy atom. The molecular weight excluding hydrogens is 486 g/mol. The summed E-state index contributed by atoms with van der Waals surface area (Å²) in [5.74, 6) is -0.704. The number of carbonyl (C=O) groups excluding carboxylic acids is 2. The maximum atomic E-state index is 12.8. The summed E-state index contributed by atoms with van der Waals surface area (Å²) >= 11 is 1.31. The smallest absolute Gasteiger partial charge is 0.256 e. The molecule has 0 aliphatic carbocycles. The van der Waals surface area contributed by atoms with E-state index in [0.717, 1.165) is 32.6 Å². The van der Waals surface area contributed by atoms with Crippen molar-refractivity contribution in [3.8, 4) is 22.4 Å². The van der Waals surface area contributed by atoms with Crippen molar-refractivity contribution in [2.45, 2.75) is 12.5 Å². The average molecular weight is 508 g/mol. The zero-order valence-corrected chi connectivity index (χ0v) is 20.3. The number of thiazole rings is 1. The molecule has 0 saturated carbocycles. The molecule has 4 aromatic rings. The lowest BCUT2D eigenvalue weighted by Gasteiger charge is -2.39. The molecule has 11 heteroatoms. The highest BCUT2D eigenvalue weighted by Crippen LogP contribution is 2.29. The van der Waals surface area contributed by atoms with Gasteiger partial charge >= 0.3 is 0 Å². The fourth-order valence-electron chi connectivity index (χ4n) is 3.83. The monoisotopic (exact) mass is 507 g/mol. The van der Waals surface area contributed by atoms with Gasteiger partial charge in [-0.1, -0.05) is 18.2 Å². The third-order valence-electron chi connectivity index (χ3n) is 5.79. The Bertz CT molecular complexity index is 1510. The van der Waals surface area contributed by atoms with Gasteiger partial charge in [-0.25, -0.2) is 13.4 Å². The van der Waals surface area contributed by atoms with Crippen LogP contribution in [0, 0.1) is 0 Å². The predicted octanol–water partition coefficient (Wildman–Crippen LogP) is 3.33. The minimum Gasteiger partial charge on any atom is -0.326 e. The van der Waals surface area contributed by atoms with Gasteiger partial charge in [0, 0.05) is 42.3 Å². The Hall–Kier alpha value is -3.83. The fraction of sp³-hybridized carbons (Fsp3) is 0.167. The number of rotatable bonds is 6. The van der Waals surface area contributed by atoms with Gasteiger partial charge in [0.2, 0.25) is 15.9 Å². The summed E-state index contributed by atoms with van der Waals surface area (Å²) in [6.45, 7) is 0.423. The largest absolute Gasteiger partial charge is 0.326 e. The number of likely N-dealkylation sites (tertiary alicyclic amines) is 1. The summed E-state index contributed by atoms with van der Waals surface area (Å²) in [6, 6.07) is 12.6. The van der Waals surface area contributed by atoms with Gasteiger partial charge in [0.25, 0.3) is 5.91 Å². The van der Waals surface area contributed by atoms with Crippen LogP contribution in [0.3, 0.4) is 0 Å². The van der Waals surface area contributed by atoms with Gasteiger partial charge < -0.3 is 10.2 Å². The number of aromatic nitrogens is 3. The summed E-state index contributed by atoms with van der Waals surface area (Å²) in [6.07, 6.45) is 7.65. The van der Waals surface area contributed by atoms with E-state index in [1.807, 2.05) is 41.8 Å². The van der Waals surface area contributed by atoms with Crippen LogP contribution in [-0.2, 0) is 14.8 Å². The van der Waals surface area contributed by atoms with Crippen molar-refractivity contribution >= 4 is 38.3 Å². The van der Waals surface area contributed by atoms with E-state index in [2.05, 4.69) is 15.3 Å². The molecular formula is C24H21N5O4S2. The first kappa shape index (κ1) is 22.9. The number of hydrogen-bond acceptors (Lipinski definition) is 7. The first-order chi connectivity index (χ1) is 16.8. The number of nitrogens with one attached hydrogen (secondary N) is 1. The SMILES string of the molecule is CS(=O)(=O)n1ccc(C(=O)N2CC[C@@H]2C(=O)Nc2nc(-c3cccc(-c4ccncc4)c3)cs2)c1. The fourth-order valence-corrected chi connectivity index (χ4v) is 5.14. The molecule has 5 rings (SSSR count). The van der Waals surface area contributed by atoms with E-state index in [0.29, 0.717) is 18.1 Å². The second kappa shape index (κ2) is 9.08. The topological polar surface area (TPSA) is 114 Å². The van der Waals surface area contributed by atoms with E-state index in [1.54, 1.807) is 12.4 Å². The Morgan fingerprint density at radius 1 is 1.09 bits per heavy atom. The molecule has 2 amide bonds. The molecule has 1 saturated heterocycles. The Kier molecular flexibility index (Phi) is 5.95. The third kappa shape index (κ3) is 4.73. The van der Waals surface area contributed by atoms with Crippen LogP contribution in [-0.4, -0.2) is 57.9 Å². The highest BCUT2D eigenvalue weighted by atomic mass is 32.2. The molecule has 1 N–H and O–H groups in total. The van der Waals surface area contributed by atoms with Crippen molar-refractivity contribution < 1.29 is 18.0 Å². The van der Waals surface area contributed by atoms with Crippen molar-refractivity contribution in [3.05, 3.63) is 78.2 Å². The van der Waals surface area contributed by atoms with Crippen LogP contribution in [0.1, 0.15) is 16.8 Å². The summed E-state index contributed by atoms with van der Waals surface area (Å²) in [7, 11) is -3.48. The zero-order chi connectivity index (χ0) is 24.6.